The molecule has 3 rings (SSSR count). The number of hydrogen-bond donors (Lipinski definition) is 1. The second-order valence-electron chi connectivity index (χ2n) is 6.88. The van der Waals surface area contributed by atoms with Crippen molar-refractivity contribution in [3.63, 3.8) is 0 Å². The number of benzene rings is 3. The number of ether oxygens (including phenoxy) is 2. The van der Waals surface area contributed by atoms with E-state index in [4.69, 9.17) is 55.9 Å². The number of nitrogens with one attached hydrogen (secondary N) is 1. The molecular formula is C25H18Cl4N2O3. The van der Waals surface area contributed by atoms with Crippen molar-refractivity contribution in [2.75, 3.05) is 11.9 Å². The molecule has 0 aromatic heterocycles. The van der Waals surface area contributed by atoms with Crippen molar-refractivity contribution in [2.45, 2.75) is 13.5 Å². The molecule has 3 aromatic rings. The number of carbonyl (C=O) groups excluding carboxylic acids is 1. The zero-order valence-electron chi connectivity index (χ0n) is 17.9. The number of anilines is 1. The van der Waals surface area contributed by atoms with E-state index in [1.807, 2.05) is 13.0 Å². The molecule has 34 heavy (non-hydrogen) atoms. The second-order valence-corrected chi connectivity index (χ2v) is 8.53. The van der Waals surface area contributed by atoms with Crippen LogP contribution in [0.4, 0.5) is 5.69 Å². The molecule has 0 spiro atoms. The Hall–Kier alpha value is -2.88. The third-order valence-electron chi connectivity index (χ3n) is 4.55. The number of nitriles is 1. The summed E-state index contributed by atoms with van der Waals surface area (Å²) in [6.45, 7) is 2.36. The van der Waals surface area contributed by atoms with E-state index >= 15 is 0 Å². The summed E-state index contributed by atoms with van der Waals surface area (Å²) in [5.41, 5.74) is 1.39. The molecular weight excluding hydrogens is 518 g/mol. The maximum atomic E-state index is 12.6. The van der Waals surface area contributed by atoms with Gasteiger partial charge in [-0.05, 0) is 61.0 Å². The number of hydrogen-bond acceptors (Lipinski definition) is 4. The number of rotatable bonds is 8. The molecule has 1 N–H and O–H groups in total. The summed E-state index contributed by atoms with van der Waals surface area (Å²) in [6.07, 6.45) is 1.44. The highest BCUT2D eigenvalue weighted by Crippen LogP contribution is 2.32. The molecule has 5 nitrogen and oxygen atoms in total. The molecule has 0 saturated carbocycles. The summed E-state index contributed by atoms with van der Waals surface area (Å²) in [7, 11) is 0. The first-order chi connectivity index (χ1) is 16.3. The molecule has 0 unspecified atom stereocenters. The quantitative estimate of drug-likeness (QED) is 0.235. The van der Waals surface area contributed by atoms with Gasteiger partial charge in [0.25, 0.3) is 5.91 Å². The van der Waals surface area contributed by atoms with Crippen molar-refractivity contribution in [3.8, 4) is 17.6 Å². The number of nitrogens with zero attached hydrogens (tertiary/aromatic N) is 1. The highest BCUT2D eigenvalue weighted by molar-refractivity contribution is 6.36. The third kappa shape index (κ3) is 6.59. The molecule has 0 bridgehead atoms. The highest BCUT2D eigenvalue weighted by Gasteiger charge is 2.14. The van der Waals surface area contributed by atoms with Crippen molar-refractivity contribution < 1.29 is 14.3 Å². The van der Waals surface area contributed by atoms with Crippen molar-refractivity contribution >= 4 is 64.1 Å². The van der Waals surface area contributed by atoms with E-state index < -0.39 is 5.91 Å². The van der Waals surface area contributed by atoms with E-state index in [2.05, 4.69) is 5.32 Å². The molecule has 3 aromatic carbocycles. The van der Waals surface area contributed by atoms with Crippen LogP contribution in [0.25, 0.3) is 6.08 Å². The minimum Gasteiger partial charge on any atom is -0.490 e. The third-order valence-corrected chi connectivity index (χ3v) is 5.83. The largest absolute Gasteiger partial charge is 0.490 e. The highest BCUT2D eigenvalue weighted by atomic mass is 35.5. The summed E-state index contributed by atoms with van der Waals surface area (Å²) >= 11 is 24.5. The average molecular weight is 536 g/mol. The molecule has 0 aliphatic heterocycles. The van der Waals surface area contributed by atoms with Gasteiger partial charge in [0, 0.05) is 20.6 Å². The van der Waals surface area contributed by atoms with Gasteiger partial charge in [-0.1, -0.05) is 58.5 Å². The van der Waals surface area contributed by atoms with Crippen LogP contribution in [-0.2, 0) is 11.4 Å². The minimum atomic E-state index is -0.627. The minimum absolute atomic E-state index is 0.130. The van der Waals surface area contributed by atoms with Gasteiger partial charge in [-0.15, -0.1) is 0 Å². The van der Waals surface area contributed by atoms with E-state index in [1.54, 1.807) is 48.5 Å². The fourth-order valence-corrected chi connectivity index (χ4v) is 3.76. The molecule has 0 radical (unpaired) electrons. The molecule has 174 valence electrons. The Morgan fingerprint density at radius 1 is 0.971 bits per heavy atom. The van der Waals surface area contributed by atoms with Gasteiger partial charge in [0.15, 0.2) is 11.5 Å². The van der Waals surface area contributed by atoms with Crippen molar-refractivity contribution in [1.82, 2.24) is 0 Å². The Balaban J connectivity index is 1.83. The van der Waals surface area contributed by atoms with Crippen LogP contribution in [0.5, 0.6) is 11.5 Å². The van der Waals surface area contributed by atoms with E-state index in [9.17, 15) is 10.1 Å². The van der Waals surface area contributed by atoms with Crippen LogP contribution in [0.3, 0.4) is 0 Å². The molecule has 0 heterocycles. The van der Waals surface area contributed by atoms with Crippen molar-refractivity contribution in [1.29, 1.82) is 5.26 Å². The molecule has 1 amide bonds. The fourth-order valence-electron chi connectivity index (χ4n) is 2.92. The molecule has 0 saturated heterocycles. The van der Waals surface area contributed by atoms with Crippen LogP contribution >= 0.6 is 46.4 Å². The standard InChI is InChI=1S/C25H18Cl4N2O3/c1-2-33-24-11-15(6-9-23(24)34-14-18-19(27)4-3-5-20(18)28)10-16(13-30)25(32)31-22-12-17(26)7-8-21(22)29/h3-12H,2,14H2,1H3,(H,31,32)/b16-10+. The van der Waals surface area contributed by atoms with Gasteiger partial charge in [-0.3, -0.25) is 4.79 Å². The lowest BCUT2D eigenvalue weighted by molar-refractivity contribution is -0.112. The summed E-state index contributed by atoms with van der Waals surface area (Å²) in [5.74, 6) is 0.275. The SMILES string of the molecule is CCOc1cc(/C=C(\C#N)C(=O)Nc2cc(Cl)ccc2Cl)ccc1OCc1c(Cl)cccc1Cl. The topological polar surface area (TPSA) is 71.3 Å². The van der Waals surface area contributed by atoms with Crippen LogP contribution in [0.2, 0.25) is 20.1 Å². The lowest BCUT2D eigenvalue weighted by atomic mass is 10.1. The Bertz CT molecular complexity index is 1270. The summed E-state index contributed by atoms with van der Waals surface area (Å²) in [5, 5.41) is 13.8. The Morgan fingerprint density at radius 3 is 2.38 bits per heavy atom. The van der Waals surface area contributed by atoms with Crippen LogP contribution in [-0.4, -0.2) is 12.5 Å². The van der Waals surface area contributed by atoms with E-state index in [1.165, 1.54) is 12.1 Å². The smallest absolute Gasteiger partial charge is 0.266 e. The number of amides is 1. The van der Waals surface area contributed by atoms with Crippen LogP contribution in [0, 0.1) is 11.3 Å². The molecule has 0 fully saturated rings. The zero-order valence-corrected chi connectivity index (χ0v) is 20.9. The first-order valence-corrected chi connectivity index (χ1v) is 11.5. The van der Waals surface area contributed by atoms with Crippen LogP contribution in [0.1, 0.15) is 18.1 Å². The maximum Gasteiger partial charge on any atom is 0.266 e. The van der Waals surface area contributed by atoms with Gasteiger partial charge in [0.1, 0.15) is 18.2 Å². The Morgan fingerprint density at radius 2 is 1.71 bits per heavy atom. The van der Waals surface area contributed by atoms with Crippen molar-refractivity contribution in [3.05, 3.63) is 91.4 Å². The van der Waals surface area contributed by atoms with E-state index in [0.29, 0.717) is 55.0 Å². The molecule has 0 aliphatic rings. The summed E-state index contributed by atoms with van der Waals surface area (Å²) in [6, 6.07) is 16.8. The van der Waals surface area contributed by atoms with Gasteiger partial charge < -0.3 is 14.8 Å². The van der Waals surface area contributed by atoms with Gasteiger partial charge in [0.2, 0.25) is 0 Å². The second kappa shape index (κ2) is 12.0. The van der Waals surface area contributed by atoms with Gasteiger partial charge in [0.05, 0.1) is 17.3 Å². The lowest BCUT2D eigenvalue weighted by Crippen LogP contribution is -2.13. The van der Waals surface area contributed by atoms with Crippen molar-refractivity contribution in [2.24, 2.45) is 0 Å². The fraction of sp³-hybridized carbons (Fsp3) is 0.120. The van der Waals surface area contributed by atoms with Gasteiger partial charge in [-0.2, -0.15) is 5.26 Å². The number of halogens is 4. The molecule has 9 heteroatoms. The summed E-state index contributed by atoms with van der Waals surface area (Å²) < 4.78 is 11.6. The predicted molar refractivity (Wildman–Crippen MR) is 137 cm³/mol. The van der Waals surface area contributed by atoms with E-state index in [-0.39, 0.29) is 12.2 Å². The normalized spacial score (nSPS) is 11.0. The van der Waals surface area contributed by atoms with Gasteiger partial charge >= 0.3 is 0 Å². The van der Waals surface area contributed by atoms with E-state index in [0.717, 1.165) is 0 Å². The summed E-state index contributed by atoms with van der Waals surface area (Å²) in [4.78, 5) is 12.6. The number of carbonyl (C=O) groups is 1. The predicted octanol–water partition coefficient (Wildman–Crippen LogP) is 7.82. The van der Waals surface area contributed by atoms with Crippen LogP contribution < -0.4 is 14.8 Å². The maximum absolute atomic E-state index is 12.6. The zero-order chi connectivity index (χ0) is 24.7. The molecule has 0 aliphatic carbocycles. The first-order valence-electron chi connectivity index (χ1n) is 10.0. The monoisotopic (exact) mass is 534 g/mol. The first kappa shape index (κ1) is 25.7. The van der Waals surface area contributed by atoms with Gasteiger partial charge in [-0.25, -0.2) is 0 Å². The van der Waals surface area contributed by atoms with Crippen LogP contribution in [0.15, 0.2) is 60.2 Å². The Kier molecular flexibility index (Phi) is 9.09. The Labute approximate surface area is 217 Å². The lowest BCUT2D eigenvalue weighted by Gasteiger charge is -2.14. The average Bonchev–Trinajstić information content (AvgIpc) is 2.80. The molecule has 0 atom stereocenters.